The third-order valence-corrected chi connectivity index (χ3v) is 3.96. The molecule has 0 radical (unpaired) electrons. The fourth-order valence-corrected chi connectivity index (χ4v) is 2.82. The van der Waals surface area contributed by atoms with E-state index in [0.717, 1.165) is 25.9 Å². The van der Waals surface area contributed by atoms with E-state index in [1.54, 1.807) is 12.1 Å². The van der Waals surface area contributed by atoms with E-state index in [1.807, 2.05) is 7.05 Å². The minimum absolute atomic E-state index is 0.0404. The first-order chi connectivity index (χ1) is 9.20. The van der Waals surface area contributed by atoms with Gasteiger partial charge in [0, 0.05) is 23.2 Å². The predicted molar refractivity (Wildman–Crippen MR) is 76.0 cm³/mol. The maximum Gasteiger partial charge on any atom is 0.129 e. The molecule has 0 aromatic heterocycles. The lowest BCUT2D eigenvalue weighted by molar-refractivity contribution is 0.101. The molecule has 1 aliphatic heterocycles. The maximum atomic E-state index is 13.9. The molecule has 1 saturated heterocycles. The van der Waals surface area contributed by atoms with Crippen molar-refractivity contribution in [2.75, 3.05) is 13.7 Å². The van der Waals surface area contributed by atoms with Crippen LogP contribution in [0.3, 0.4) is 0 Å². The zero-order valence-corrected chi connectivity index (χ0v) is 12.0. The smallest absolute Gasteiger partial charge is 0.129 e. The molecule has 1 aromatic carbocycles. The Morgan fingerprint density at radius 1 is 1.53 bits per heavy atom. The van der Waals surface area contributed by atoms with Crippen LogP contribution in [0.1, 0.15) is 43.7 Å². The molecule has 1 aliphatic rings. The van der Waals surface area contributed by atoms with Gasteiger partial charge in [-0.1, -0.05) is 17.7 Å². The Labute approximate surface area is 119 Å². The summed E-state index contributed by atoms with van der Waals surface area (Å²) in [6.07, 6.45) is 5.76. The van der Waals surface area contributed by atoms with E-state index in [4.69, 9.17) is 16.3 Å². The van der Waals surface area contributed by atoms with E-state index in [0.29, 0.717) is 16.7 Å². The number of halogens is 2. The molecule has 0 saturated carbocycles. The summed E-state index contributed by atoms with van der Waals surface area (Å²) >= 11 is 5.78. The molecule has 0 spiro atoms. The van der Waals surface area contributed by atoms with Crippen LogP contribution in [0.5, 0.6) is 0 Å². The maximum absolute atomic E-state index is 13.9. The molecule has 2 rings (SSSR count). The summed E-state index contributed by atoms with van der Waals surface area (Å²) in [5.74, 6) is -0.232. The van der Waals surface area contributed by atoms with Crippen molar-refractivity contribution in [2.45, 2.75) is 44.2 Å². The normalized spacial score (nSPS) is 20.7. The van der Waals surface area contributed by atoms with Gasteiger partial charge in [0.1, 0.15) is 5.82 Å². The Balaban J connectivity index is 1.88. The van der Waals surface area contributed by atoms with Crippen molar-refractivity contribution in [3.05, 3.63) is 34.6 Å². The van der Waals surface area contributed by atoms with Gasteiger partial charge in [0.05, 0.1) is 6.10 Å². The minimum Gasteiger partial charge on any atom is -0.378 e. The topological polar surface area (TPSA) is 21.3 Å². The van der Waals surface area contributed by atoms with Gasteiger partial charge in [0.25, 0.3) is 0 Å². The first kappa shape index (κ1) is 14.8. The quantitative estimate of drug-likeness (QED) is 0.850. The summed E-state index contributed by atoms with van der Waals surface area (Å²) in [7, 11) is 1.87. The van der Waals surface area contributed by atoms with E-state index in [2.05, 4.69) is 5.32 Å². The number of hydrogen-bond acceptors (Lipinski definition) is 2. The first-order valence-electron chi connectivity index (χ1n) is 6.94. The highest BCUT2D eigenvalue weighted by atomic mass is 35.5. The summed E-state index contributed by atoms with van der Waals surface area (Å²) in [6.45, 7) is 0.895. The number of ether oxygens (including phenoxy) is 1. The molecule has 2 atom stereocenters. The van der Waals surface area contributed by atoms with Crippen LogP contribution in [0.2, 0.25) is 5.02 Å². The number of benzene rings is 1. The van der Waals surface area contributed by atoms with Gasteiger partial charge in [0.2, 0.25) is 0 Å². The molecule has 0 bridgehead atoms. The molecule has 2 nitrogen and oxygen atoms in total. The average molecular weight is 286 g/mol. The zero-order chi connectivity index (χ0) is 13.7. The Morgan fingerprint density at radius 2 is 2.37 bits per heavy atom. The van der Waals surface area contributed by atoms with E-state index in [1.165, 1.54) is 18.9 Å². The van der Waals surface area contributed by atoms with Gasteiger partial charge >= 0.3 is 0 Å². The van der Waals surface area contributed by atoms with Gasteiger partial charge in [-0.15, -0.1) is 0 Å². The van der Waals surface area contributed by atoms with Crippen LogP contribution in [0, 0.1) is 5.82 Å². The lowest BCUT2D eigenvalue weighted by Crippen LogP contribution is -2.18. The van der Waals surface area contributed by atoms with Crippen molar-refractivity contribution in [2.24, 2.45) is 0 Å². The highest BCUT2D eigenvalue weighted by Crippen LogP contribution is 2.26. The highest BCUT2D eigenvalue weighted by molar-refractivity contribution is 6.30. The van der Waals surface area contributed by atoms with Gasteiger partial charge in [-0.25, -0.2) is 4.39 Å². The van der Waals surface area contributed by atoms with Crippen LogP contribution in [0.15, 0.2) is 18.2 Å². The summed E-state index contributed by atoms with van der Waals surface area (Å²) in [4.78, 5) is 0. The molecule has 19 heavy (non-hydrogen) atoms. The van der Waals surface area contributed by atoms with Crippen molar-refractivity contribution in [3.8, 4) is 0 Å². The van der Waals surface area contributed by atoms with E-state index < -0.39 is 0 Å². The monoisotopic (exact) mass is 285 g/mol. The van der Waals surface area contributed by atoms with Crippen LogP contribution in [0.25, 0.3) is 0 Å². The lowest BCUT2D eigenvalue weighted by atomic mass is 9.99. The number of nitrogens with one attached hydrogen (secondary N) is 1. The van der Waals surface area contributed by atoms with Crippen molar-refractivity contribution < 1.29 is 9.13 Å². The standard InChI is InChI=1S/C15H21ClFNO/c1-18-15(6-2-4-12-5-3-9-19-12)13-8-7-11(16)10-14(13)17/h7-8,10,12,15,18H,2-6,9H2,1H3. The van der Waals surface area contributed by atoms with Crippen LogP contribution < -0.4 is 5.32 Å². The van der Waals surface area contributed by atoms with Gasteiger partial charge in [-0.3, -0.25) is 0 Å². The Hall–Kier alpha value is -0.640. The van der Waals surface area contributed by atoms with Crippen LogP contribution in [-0.2, 0) is 4.74 Å². The van der Waals surface area contributed by atoms with E-state index >= 15 is 0 Å². The second-order valence-corrected chi connectivity index (χ2v) is 5.51. The summed E-state index contributed by atoms with van der Waals surface area (Å²) < 4.78 is 19.5. The lowest BCUT2D eigenvalue weighted by Gasteiger charge is -2.18. The molecule has 2 unspecified atom stereocenters. The fourth-order valence-electron chi connectivity index (χ4n) is 2.66. The Bertz CT molecular complexity index is 407. The second kappa shape index (κ2) is 7.22. The molecular formula is C15H21ClFNO. The third kappa shape index (κ3) is 4.16. The van der Waals surface area contributed by atoms with Crippen LogP contribution >= 0.6 is 11.6 Å². The molecule has 1 aromatic rings. The summed E-state index contributed by atoms with van der Waals surface area (Å²) in [6, 6.07) is 4.93. The van der Waals surface area contributed by atoms with Gasteiger partial charge in [-0.05, 0) is 51.3 Å². The van der Waals surface area contributed by atoms with Gasteiger partial charge in [-0.2, -0.15) is 0 Å². The third-order valence-electron chi connectivity index (χ3n) is 3.73. The van der Waals surface area contributed by atoms with E-state index in [-0.39, 0.29) is 11.9 Å². The van der Waals surface area contributed by atoms with Gasteiger partial charge in [0.15, 0.2) is 0 Å². The molecule has 1 fully saturated rings. The fraction of sp³-hybridized carbons (Fsp3) is 0.600. The molecule has 0 aliphatic carbocycles. The number of hydrogen-bond donors (Lipinski definition) is 1. The van der Waals surface area contributed by atoms with Gasteiger partial charge < -0.3 is 10.1 Å². The SMILES string of the molecule is CNC(CCCC1CCCO1)c1ccc(Cl)cc1F. The molecular weight excluding hydrogens is 265 g/mol. The van der Waals surface area contributed by atoms with Crippen molar-refractivity contribution >= 4 is 11.6 Å². The van der Waals surface area contributed by atoms with Crippen LogP contribution in [-0.4, -0.2) is 19.8 Å². The second-order valence-electron chi connectivity index (χ2n) is 5.07. The van der Waals surface area contributed by atoms with Crippen molar-refractivity contribution in [3.63, 3.8) is 0 Å². The molecule has 0 amide bonds. The van der Waals surface area contributed by atoms with Crippen molar-refractivity contribution in [1.29, 1.82) is 0 Å². The molecule has 106 valence electrons. The zero-order valence-electron chi connectivity index (χ0n) is 11.3. The summed E-state index contributed by atoms with van der Waals surface area (Å²) in [5.41, 5.74) is 0.694. The largest absolute Gasteiger partial charge is 0.378 e. The summed E-state index contributed by atoms with van der Waals surface area (Å²) in [5, 5.41) is 3.62. The average Bonchev–Trinajstić information content (AvgIpc) is 2.89. The predicted octanol–water partition coefficient (Wildman–Crippen LogP) is 4.09. The van der Waals surface area contributed by atoms with Crippen molar-refractivity contribution in [1.82, 2.24) is 5.32 Å². The highest BCUT2D eigenvalue weighted by Gasteiger charge is 2.18. The molecule has 4 heteroatoms. The van der Waals surface area contributed by atoms with Crippen LogP contribution in [0.4, 0.5) is 4.39 Å². The minimum atomic E-state index is -0.232. The first-order valence-corrected chi connectivity index (χ1v) is 7.32. The Morgan fingerprint density at radius 3 is 3.00 bits per heavy atom. The number of rotatable bonds is 6. The molecule has 1 heterocycles. The molecule has 1 N–H and O–H groups in total. The van der Waals surface area contributed by atoms with E-state index in [9.17, 15) is 4.39 Å². The Kier molecular flexibility index (Phi) is 5.61.